The Bertz CT molecular complexity index is 1370. The summed E-state index contributed by atoms with van der Waals surface area (Å²) in [6.07, 6.45) is 10.7. The fourth-order valence-corrected chi connectivity index (χ4v) is 5.74. The molecular formula is C42H55F3O5. The molecule has 274 valence electrons. The van der Waals surface area contributed by atoms with Gasteiger partial charge in [-0.05, 0) is 78.9 Å². The van der Waals surface area contributed by atoms with Gasteiger partial charge in [0, 0.05) is 0 Å². The molecule has 3 rings (SSSR count). The SMILES string of the molecule is CCCCCCCCCCCCOc1ccc(-c2ccc(C(=O)Oc3ccc(C(=O)OC(CCCCCCCC)C(F)(F)F)cc3)cc2)cc1. The summed E-state index contributed by atoms with van der Waals surface area (Å²) in [6, 6.07) is 20.2. The molecule has 8 heteroatoms. The Morgan fingerprint density at radius 2 is 0.960 bits per heavy atom. The molecule has 0 bridgehead atoms. The van der Waals surface area contributed by atoms with E-state index in [4.69, 9.17) is 14.2 Å². The van der Waals surface area contributed by atoms with E-state index in [1.54, 1.807) is 12.1 Å². The molecule has 1 unspecified atom stereocenters. The number of carbonyl (C=O) groups is 2. The Morgan fingerprint density at radius 1 is 0.540 bits per heavy atom. The van der Waals surface area contributed by atoms with Crippen LogP contribution >= 0.6 is 0 Å². The van der Waals surface area contributed by atoms with Crippen LogP contribution in [0.2, 0.25) is 0 Å². The minimum atomic E-state index is -4.64. The van der Waals surface area contributed by atoms with Crippen LogP contribution < -0.4 is 9.47 Å². The van der Waals surface area contributed by atoms with Crippen molar-refractivity contribution < 1.29 is 37.0 Å². The topological polar surface area (TPSA) is 61.8 Å². The van der Waals surface area contributed by atoms with E-state index in [9.17, 15) is 22.8 Å². The Labute approximate surface area is 296 Å². The molecule has 0 saturated carbocycles. The molecule has 0 aromatic heterocycles. The van der Waals surface area contributed by atoms with Gasteiger partial charge in [-0.1, -0.05) is 128 Å². The van der Waals surface area contributed by atoms with Crippen molar-refractivity contribution in [2.45, 2.75) is 135 Å². The molecule has 5 nitrogen and oxygen atoms in total. The van der Waals surface area contributed by atoms with Crippen LogP contribution in [0.5, 0.6) is 11.5 Å². The number of benzene rings is 3. The van der Waals surface area contributed by atoms with E-state index < -0.39 is 24.2 Å². The lowest BCUT2D eigenvalue weighted by atomic mass is 10.0. The van der Waals surface area contributed by atoms with Crippen LogP contribution in [-0.4, -0.2) is 30.8 Å². The average molecular weight is 697 g/mol. The van der Waals surface area contributed by atoms with Crippen molar-refractivity contribution >= 4 is 11.9 Å². The maximum Gasteiger partial charge on any atom is 0.425 e. The summed E-state index contributed by atoms with van der Waals surface area (Å²) in [4.78, 5) is 25.2. The van der Waals surface area contributed by atoms with E-state index >= 15 is 0 Å². The number of alkyl halides is 3. The number of hydrogen-bond donors (Lipinski definition) is 0. The molecule has 0 radical (unpaired) electrons. The van der Waals surface area contributed by atoms with E-state index in [0.717, 1.165) is 49.0 Å². The quantitative estimate of drug-likeness (QED) is 0.0530. The van der Waals surface area contributed by atoms with Gasteiger partial charge in [-0.2, -0.15) is 13.2 Å². The summed E-state index contributed by atoms with van der Waals surface area (Å²) in [5, 5.41) is 0. The van der Waals surface area contributed by atoms with Crippen molar-refractivity contribution in [3.05, 3.63) is 83.9 Å². The number of esters is 2. The summed E-state index contributed by atoms with van der Waals surface area (Å²) in [5.74, 6) is -0.680. The fourth-order valence-electron chi connectivity index (χ4n) is 5.74. The highest BCUT2D eigenvalue weighted by molar-refractivity contribution is 5.92. The maximum atomic E-state index is 13.5. The predicted octanol–water partition coefficient (Wildman–Crippen LogP) is 12.7. The van der Waals surface area contributed by atoms with Gasteiger partial charge < -0.3 is 14.2 Å². The molecule has 50 heavy (non-hydrogen) atoms. The molecule has 3 aromatic carbocycles. The third-order valence-electron chi connectivity index (χ3n) is 8.81. The van der Waals surface area contributed by atoms with Crippen molar-refractivity contribution in [3.8, 4) is 22.6 Å². The number of unbranched alkanes of at least 4 members (excludes halogenated alkanes) is 14. The number of ether oxygens (including phenoxy) is 3. The summed E-state index contributed by atoms with van der Waals surface area (Å²) >= 11 is 0. The summed E-state index contributed by atoms with van der Waals surface area (Å²) in [6.45, 7) is 5.03. The lowest BCUT2D eigenvalue weighted by Crippen LogP contribution is -2.33. The molecule has 0 amide bonds. The first kappa shape index (κ1) is 40.6. The van der Waals surface area contributed by atoms with Gasteiger partial charge in [-0.15, -0.1) is 0 Å². The zero-order valence-electron chi connectivity index (χ0n) is 29.9. The third-order valence-corrected chi connectivity index (χ3v) is 8.81. The van der Waals surface area contributed by atoms with Crippen molar-refractivity contribution in [3.63, 3.8) is 0 Å². The molecule has 0 spiro atoms. The molecule has 0 fully saturated rings. The van der Waals surface area contributed by atoms with E-state index in [1.807, 2.05) is 36.4 Å². The first-order valence-corrected chi connectivity index (χ1v) is 18.6. The molecule has 0 saturated heterocycles. The molecular weight excluding hydrogens is 641 g/mol. The second-order valence-electron chi connectivity index (χ2n) is 13.0. The van der Waals surface area contributed by atoms with Crippen molar-refractivity contribution in [2.75, 3.05) is 6.61 Å². The molecule has 0 N–H and O–H groups in total. The molecule has 3 aromatic rings. The highest BCUT2D eigenvalue weighted by Crippen LogP contribution is 2.29. The standard InChI is InChI=1S/C42H55F3O5/c1-3-5-7-9-11-12-13-14-16-18-32-48-37-28-24-34(25-29-37)33-20-22-35(23-21-33)40(46)49-38-30-26-36(27-31-38)41(47)50-39(42(43,44)45)19-17-15-10-8-6-4-2/h20-31,39H,3-19,32H2,1-2H3. The molecule has 1 atom stereocenters. The minimum absolute atomic E-state index is 0.0541. The highest BCUT2D eigenvalue weighted by Gasteiger charge is 2.42. The summed E-state index contributed by atoms with van der Waals surface area (Å²) in [5.41, 5.74) is 2.19. The van der Waals surface area contributed by atoms with Crippen LogP contribution in [0.15, 0.2) is 72.8 Å². The fraction of sp³-hybridized carbons (Fsp3) is 0.524. The molecule has 0 aliphatic heterocycles. The molecule has 0 aliphatic carbocycles. The van der Waals surface area contributed by atoms with Gasteiger partial charge in [0.15, 0.2) is 6.10 Å². The van der Waals surface area contributed by atoms with Gasteiger partial charge >= 0.3 is 18.1 Å². The van der Waals surface area contributed by atoms with E-state index in [0.29, 0.717) is 25.0 Å². The number of rotatable bonds is 24. The van der Waals surface area contributed by atoms with E-state index in [1.165, 1.54) is 82.1 Å². The second kappa shape index (κ2) is 22.8. The van der Waals surface area contributed by atoms with Crippen LogP contribution in [0.1, 0.15) is 144 Å². The number of halogens is 3. The summed E-state index contributed by atoms with van der Waals surface area (Å²) in [7, 11) is 0. The Morgan fingerprint density at radius 3 is 1.48 bits per heavy atom. The Hall–Kier alpha value is -3.81. The van der Waals surface area contributed by atoms with Crippen molar-refractivity contribution in [2.24, 2.45) is 0 Å². The number of hydrogen-bond acceptors (Lipinski definition) is 5. The van der Waals surface area contributed by atoms with Gasteiger partial charge in [-0.3, -0.25) is 0 Å². The predicted molar refractivity (Wildman–Crippen MR) is 194 cm³/mol. The van der Waals surface area contributed by atoms with Crippen LogP contribution in [0.25, 0.3) is 11.1 Å². The average Bonchev–Trinajstić information content (AvgIpc) is 3.11. The van der Waals surface area contributed by atoms with Gasteiger partial charge in [0.05, 0.1) is 17.7 Å². The van der Waals surface area contributed by atoms with E-state index in [-0.39, 0.29) is 17.7 Å². The zero-order chi connectivity index (χ0) is 36.0. The minimum Gasteiger partial charge on any atom is -0.494 e. The van der Waals surface area contributed by atoms with Crippen LogP contribution in [0.4, 0.5) is 13.2 Å². The highest BCUT2D eigenvalue weighted by atomic mass is 19.4. The second-order valence-corrected chi connectivity index (χ2v) is 13.0. The lowest BCUT2D eigenvalue weighted by molar-refractivity contribution is -0.206. The summed E-state index contributed by atoms with van der Waals surface area (Å²) < 4.78 is 56.7. The third kappa shape index (κ3) is 15.4. The van der Waals surface area contributed by atoms with Gasteiger partial charge in [0.25, 0.3) is 0 Å². The molecule has 0 aliphatic rings. The van der Waals surface area contributed by atoms with E-state index in [2.05, 4.69) is 13.8 Å². The number of carbonyl (C=O) groups excluding carboxylic acids is 2. The Balaban J connectivity index is 1.40. The van der Waals surface area contributed by atoms with Gasteiger partial charge in [0.2, 0.25) is 0 Å². The van der Waals surface area contributed by atoms with Gasteiger partial charge in [-0.25, -0.2) is 9.59 Å². The largest absolute Gasteiger partial charge is 0.494 e. The normalized spacial score (nSPS) is 12.0. The molecule has 0 heterocycles. The van der Waals surface area contributed by atoms with Gasteiger partial charge in [0.1, 0.15) is 11.5 Å². The van der Waals surface area contributed by atoms with Crippen LogP contribution in [-0.2, 0) is 4.74 Å². The zero-order valence-corrected chi connectivity index (χ0v) is 29.9. The van der Waals surface area contributed by atoms with Crippen LogP contribution in [0.3, 0.4) is 0 Å². The Kier molecular flexibility index (Phi) is 18.5. The van der Waals surface area contributed by atoms with Crippen molar-refractivity contribution in [1.29, 1.82) is 0 Å². The van der Waals surface area contributed by atoms with Crippen molar-refractivity contribution in [1.82, 2.24) is 0 Å². The lowest BCUT2D eigenvalue weighted by Gasteiger charge is -2.20. The van der Waals surface area contributed by atoms with Crippen LogP contribution in [0, 0.1) is 0 Å². The smallest absolute Gasteiger partial charge is 0.425 e. The maximum absolute atomic E-state index is 13.5. The first-order valence-electron chi connectivity index (χ1n) is 18.6. The monoisotopic (exact) mass is 696 g/mol. The first-order chi connectivity index (χ1) is 24.2.